The maximum Gasteiger partial charge on any atom is 0.235 e. The maximum absolute atomic E-state index is 9.83. The maximum atomic E-state index is 9.83. The van der Waals surface area contributed by atoms with Crippen LogP contribution in [-0.2, 0) is 11.2 Å². The van der Waals surface area contributed by atoms with E-state index in [0.29, 0.717) is 32.1 Å². The van der Waals surface area contributed by atoms with Crippen molar-refractivity contribution in [1.29, 1.82) is 0 Å². The summed E-state index contributed by atoms with van der Waals surface area (Å²) in [6.07, 6.45) is 11.3. The first-order valence-electron chi connectivity index (χ1n) is 7.84. The lowest BCUT2D eigenvalue weighted by Gasteiger charge is -2.33. The second-order valence-electron chi connectivity index (χ2n) is 5.64. The number of ether oxygens (including phenoxy) is 1. The van der Waals surface area contributed by atoms with Crippen molar-refractivity contribution in [3.05, 3.63) is 42.3 Å². The monoisotopic (exact) mass is 331 g/mol. The van der Waals surface area contributed by atoms with Gasteiger partial charge in [0.25, 0.3) is 0 Å². The Morgan fingerprint density at radius 2 is 2.25 bits per heavy atom. The summed E-state index contributed by atoms with van der Waals surface area (Å²) in [4.78, 5) is 12.9. The molecule has 0 aliphatic heterocycles. The number of aromatic nitrogens is 4. The zero-order valence-electron chi connectivity index (χ0n) is 13.3. The highest BCUT2D eigenvalue weighted by Crippen LogP contribution is 2.24. The summed E-state index contributed by atoms with van der Waals surface area (Å²) in [6.45, 7) is 1.34. The van der Waals surface area contributed by atoms with Gasteiger partial charge in [0.1, 0.15) is 6.33 Å². The molecule has 0 radical (unpaired) electrons. The number of nitrogens with one attached hydrogen (secondary N) is 1. The molecular formula is C16H21N5O3. The van der Waals surface area contributed by atoms with Crippen LogP contribution in [0.2, 0.25) is 0 Å². The summed E-state index contributed by atoms with van der Waals surface area (Å²) >= 11 is 0. The fourth-order valence-corrected chi connectivity index (χ4v) is 2.65. The molecule has 3 N–H and O–H groups in total. The smallest absolute Gasteiger partial charge is 0.235 e. The van der Waals surface area contributed by atoms with Crippen LogP contribution < -0.4 is 5.32 Å². The van der Waals surface area contributed by atoms with Crippen LogP contribution in [0.3, 0.4) is 0 Å². The second kappa shape index (κ2) is 7.63. The Morgan fingerprint density at radius 1 is 1.33 bits per heavy atom. The first kappa shape index (κ1) is 16.7. The van der Waals surface area contributed by atoms with E-state index in [9.17, 15) is 5.11 Å². The first-order valence-corrected chi connectivity index (χ1v) is 7.84. The number of fused-ring (bicyclic) bond motifs is 1. The van der Waals surface area contributed by atoms with E-state index in [1.807, 2.05) is 12.2 Å². The third-order valence-corrected chi connectivity index (χ3v) is 3.93. The Kier molecular flexibility index (Phi) is 5.31. The van der Waals surface area contributed by atoms with E-state index in [2.05, 4.69) is 20.3 Å². The second-order valence-corrected chi connectivity index (χ2v) is 5.64. The average Bonchev–Trinajstić information content (AvgIpc) is 3.16. The van der Waals surface area contributed by atoms with Gasteiger partial charge in [-0.25, -0.2) is 15.0 Å². The van der Waals surface area contributed by atoms with Crippen LogP contribution in [0.4, 0.5) is 0 Å². The molecule has 0 saturated heterocycles. The van der Waals surface area contributed by atoms with Crippen LogP contribution in [-0.4, -0.2) is 68.2 Å². The predicted octanol–water partition coefficient (Wildman–Crippen LogP) is -0.439. The third-order valence-electron chi connectivity index (χ3n) is 3.93. The molecule has 0 spiro atoms. The summed E-state index contributed by atoms with van der Waals surface area (Å²) < 4.78 is 6.99. The number of hydrogen-bond donors (Lipinski definition) is 3. The Morgan fingerprint density at radius 3 is 3.00 bits per heavy atom. The molecule has 8 heteroatoms. The molecule has 2 aromatic heterocycles. The number of hydrogen-bond acceptors (Lipinski definition) is 7. The lowest BCUT2D eigenvalue weighted by Crippen LogP contribution is -2.51. The predicted molar refractivity (Wildman–Crippen MR) is 87.6 cm³/mol. The van der Waals surface area contributed by atoms with Crippen molar-refractivity contribution in [3.8, 4) is 5.95 Å². The zero-order chi connectivity index (χ0) is 16.8. The van der Waals surface area contributed by atoms with E-state index in [0.717, 1.165) is 11.3 Å². The third kappa shape index (κ3) is 3.68. The number of aliphatic hydroxyl groups is 2. The summed E-state index contributed by atoms with van der Waals surface area (Å²) in [6, 6.07) is 0. The van der Waals surface area contributed by atoms with Gasteiger partial charge in [0.2, 0.25) is 5.95 Å². The van der Waals surface area contributed by atoms with Crippen LogP contribution in [0, 0.1) is 0 Å². The molecule has 2 heterocycles. The molecule has 128 valence electrons. The summed E-state index contributed by atoms with van der Waals surface area (Å²) in [5, 5.41) is 21.8. The number of nitrogens with zero attached hydrogens (tertiary/aromatic N) is 4. The van der Waals surface area contributed by atoms with Crippen molar-refractivity contribution in [2.75, 3.05) is 33.0 Å². The Hall–Kier alpha value is -2.13. The molecule has 3 rings (SSSR count). The highest BCUT2D eigenvalue weighted by molar-refractivity contribution is 5.55. The van der Waals surface area contributed by atoms with E-state index < -0.39 is 5.54 Å². The van der Waals surface area contributed by atoms with Crippen molar-refractivity contribution < 1.29 is 14.9 Å². The highest BCUT2D eigenvalue weighted by atomic mass is 16.5. The molecule has 0 fully saturated rings. The van der Waals surface area contributed by atoms with E-state index in [1.165, 1.54) is 0 Å². The van der Waals surface area contributed by atoms with Crippen molar-refractivity contribution in [2.24, 2.45) is 0 Å². The molecule has 2 aromatic rings. The molecule has 0 aromatic carbocycles. The summed E-state index contributed by atoms with van der Waals surface area (Å²) in [5.41, 5.74) is 1.27. The normalized spacial score (nSPS) is 19.4. The van der Waals surface area contributed by atoms with Crippen LogP contribution in [0.15, 0.2) is 31.0 Å². The largest absolute Gasteiger partial charge is 0.394 e. The highest BCUT2D eigenvalue weighted by Gasteiger charge is 2.30. The standard InChI is InChI=1S/C16H21N5O3/c22-6-8-24-7-4-19-16(11-23)2-1-14-13(9-16)10-18-15(20-14)21-5-3-17-12-21/h1-3,5,10,12,19,22-23H,4,6-9,11H2. The van der Waals surface area contributed by atoms with Crippen LogP contribution in [0.1, 0.15) is 11.3 Å². The van der Waals surface area contributed by atoms with Gasteiger partial charge in [-0.15, -0.1) is 0 Å². The SMILES string of the molecule is OCCOCCNC1(CO)C=Cc2nc(-n3ccnc3)ncc2C1. The molecule has 0 saturated carbocycles. The molecule has 0 amide bonds. The fourth-order valence-electron chi connectivity index (χ4n) is 2.65. The molecule has 1 unspecified atom stereocenters. The van der Waals surface area contributed by atoms with Gasteiger partial charge in [0, 0.05) is 31.6 Å². The van der Waals surface area contributed by atoms with Gasteiger partial charge in [0.15, 0.2) is 0 Å². The molecule has 1 aliphatic rings. The lowest BCUT2D eigenvalue weighted by atomic mass is 9.86. The van der Waals surface area contributed by atoms with Crippen LogP contribution in [0.5, 0.6) is 0 Å². The summed E-state index contributed by atoms with van der Waals surface area (Å²) in [5.74, 6) is 0.567. The topological polar surface area (TPSA) is 105 Å². The molecule has 0 bridgehead atoms. The number of aliphatic hydroxyl groups excluding tert-OH is 2. The van der Waals surface area contributed by atoms with Crippen LogP contribution in [0.25, 0.3) is 12.0 Å². The van der Waals surface area contributed by atoms with E-state index >= 15 is 0 Å². The van der Waals surface area contributed by atoms with Gasteiger partial charge < -0.3 is 20.3 Å². The van der Waals surface area contributed by atoms with E-state index in [4.69, 9.17) is 9.84 Å². The fraction of sp³-hybridized carbons (Fsp3) is 0.438. The minimum Gasteiger partial charge on any atom is -0.394 e. The minimum absolute atomic E-state index is 0.00894. The molecule has 1 aliphatic carbocycles. The Labute approximate surface area is 139 Å². The van der Waals surface area contributed by atoms with Gasteiger partial charge in [-0.05, 0) is 11.6 Å². The zero-order valence-corrected chi connectivity index (χ0v) is 13.3. The minimum atomic E-state index is -0.546. The molecular weight excluding hydrogens is 310 g/mol. The molecule has 1 atom stereocenters. The van der Waals surface area contributed by atoms with Gasteiger partial charge in [-0.1, -0.05) is 6.08 Å². The quantitative estimate of drug-likeness (QED) is 0.563. The van der Waals surface area contributed by atoms with Gasteiger partial charge >= 0.3 is 0 Å². The molecule has 24 heavy (non-hydrogen) atoms. The number of rotatable bonds is 8. The van der Waals surface area contributed by atoms with Gasteiger partial charge in [-0.2, -0.15) is 0 Å². The number of imidazole rings is 1. The van der Waals surface area contributed by atoms with E-state index in [-0.39, 0.29) is 13.2 Å². The van der Waals surface area contributed by atoms with Crippen molar-refractivity contribution in [2.45, 2.75) is 12.0 Å². The van der Waals surface area contributed by atoms with Gasteiger partial charge in [-0.3, -0.25) is 4.57 Å². The van der Waals surface area contributed by atoms with Crippen LogP contribution >= 0.6 is 0 Å². The first-order chi connectivity index (χ1) is 11.8. The van der Waals surface area contributed by atoms with Crippen molar-refractivity contribution in [1.82, 2.24) is 24.8 Å². The Bertz CT molecular complexity index is 689. The Balaban J connectivity index is 1.70. The van der Waals surface area contributed by atoms with Crippen molar-refractivity contribution >= 4 is 6.08 Å². The summed E-state index contributed by atoms with van der Waals surface area (Å²) in [7, 11) is 0. The van der Waals surface area contributed by atoms with Crippen molar-refractivity contribution in [3.63, 3.8) is 0 Å². The van der Waals surface area contributed by atoms with E-state index in [1.54, 1.807) is 29.5 Å². The average molecular weight is 331 g/mol. The molecule has 8 nitrogen and oxygen atoms in total. The lowest BCUT2D eigenvalue weighted by molar-refractivity contribution is 0.0871. The van der Waals surface area contributed by atoms with Gasteiger partial charge in [0.05, 0.1) is 37.7 Å².